The summed E-state index contributed by atoms with van der Waals surface area (Å²) in [5.74, 6) is 4.95. The molecule has 0 saturated carbocycles. The van der Waals surface area contributed by atoms with Crippen LogP contribution in [0, 0.1) is 0 Å². The van der Waals surface area contributed by atoms with Crippen molar-refractivity contribution in [2.75, 3.05) is 0 Å². The first-order valence-corrected chi connectivity index (χ1v) is 7.80. The van der Waals surface area contributed by atoms with Crippen LogP contribution in [0.4, 0.5) is 0 Å². The zero-order valence-electron chi connectivity index (χ0n) is 12.9. The van der Waals surface area contributed by atoms with Gasteiger partial charge in [-0.15, -0.1) is 11.3 Å². The molecule has 0 aliphatic rings. The maximum Gasteiger partial charge on any atom is 0.277 e. The largest absolute Gasteiger partial charge is 0.289 e. The Kier molecular flexibility index (Phi) is 4.44. The highest BCUT2D eigenvalue weighted by atomic mass is 32.1. The number of hydrazine groups is 1. The van der Waals surface area contributed by atoms with Gasteiger partial charge in [-0.1, -0.05) is 52.0 Å². The van der Waals surface area contributed by atoms with Crippen LogP contribution in [0.3, 0.4) is 0 Å². The standard InChI is InChI=1S/C16H21N3OS/c1-5-12-13(14(20)19-17)21-15(18-12)10-6-8-11(9-7-10)16(2,3)4/h6-9H,5,17H2,1-4H3,(H,19,20). The Balaban J connectivity index is 2.38. The van der Waals surface area contributed by atoms with E-state index in [0.717, 1.165) is 16.3 Å². The number of rotatable bonds is 3. The molecule has 21 heavy (non-hydrogen) atoms. The number of thiazole rings is 1. The van der Waals surface area contributed by atoms with Gasteiger partial charge in [-0.3, -0.25) is 10.2 Å². The molecule has 0 radical (unpaired) electrons. The van der Waals surface area contributed by atoms with Gasteiger partial charge in [-0.2, -0.15) is 0 Å². The summed E-state index contributed by atoms with van der Waals surface area (Å²) in [6, 6.07) is 8.35. The first kappa shape index (κ1) is 15.7. The quantitative estimate of drug-likeness (QED) is 0.519. The number of carbonyl (C=O) groups excluding carboxylic acids is 1. The molecule has 1 heterocycles. The maximum absolute atomic E-state index is 11.8. The summed E-state index contributed by atoms with van der Waals surface area (Å²) < 4.78 is 0. The highest BCUT2D eigenvalue weighted by Gasteiger charge is 2.18. The molecule has 112 valence electrons. The van der Waals surface area contributed by atoms with E-state index in [1.165, 1.54) is 16.9 Å². The van der Waals surface area contributed by atoms with Gasteiger partial charge in [0.05, 0.1) is 5.69 Å². The molecule has 0 bridgehead atoms. The van der Waals surface area contributed by atoms with E-state index < -0.39 is 0 Å². The van der Waals surface area contributed by atoms with Crippen LogP contribution in [0.1, 0.15) is 48.6 Å². The molecule has 3 N–H and O–H groups in total. The van der Waals surface area contributed by atoms with E-state index in [0.29, 0.717) is 11.3 Å². The molecule has 2 rings (SSSR count). The normalized spacial score (nSPS) is 11.5. The van der Waals surface area contributed by atoms with Crippen LogP contribution in [0.5, 0.6) is 0 Å². The number of benzene rings is 1. The number of amides is 1. The lowest BCUT2D eigenvalue weighted by Gasteiger charge is -2.18. The van der Waals surface area contributed by atoms with Crippen molar-refractivity contribution in [3.05, 3.63) is 40.4 Å². The fourth-order valence-corrected chi connectivity index (χ4v) is 3.13. The zero-order chi connectivity index (χ0) is 15.6. The highest BCUT2D eigenvalue weighted by Crippen LogP contribution is 2.30. The Morgan fingerprint density at radius 2 is 1.90 bits per heavy atom. The average molecular weight is 303 g/mol. The number of hydrogen-bond acceptors (Lipinski definition) is 4. The van der Waals surface area contributed by atoms with Gasteiger partial charge in [0.2, 0.25) is 0 Å². The van der Waals surface area contributed by atoms with Gasteiger partial charge in [0.25, 0.3) is 5.91 Å². The van der Waals surface area contributed by atoms with Gasteiger partial charge < -0.3 is 0 Å². The molecular formula is C16H21N3OS. The Morgan fingerprint density at radius 3 is 2.38 bits per heavy atom. The van der Waals surface area contributed by atoms with Crippen molar-refractivity contribution in [1.82, 2.24) is 10.4 Å². The lowest BCUT2D eigenvalue weighted by molar-refractivity contribution is 0.0956. The number of nitrogens with zero attached hydrogens (tertiary/aromatic N) is 1. The second-order valence-corrected chi connectivity index (χ2v) is 6.95. The molecule has 0 aliphatic carbocycles. The van der Waals surface area contributed by atoms with E-state index in [1.807, 2.05) is 6.92 Å². The van der Waals surface area contributed by atoms with Crippen molar-refractivity contribution >= 4 is 17.2 Å². The number of aromatic nitrogens is 1. The van der Waals surface area contributed by atoms with Gasteiger partial charge in [-0.05, 0) is 17.4 Å². The number of carbonyl (C=O) groups is 1. The van der Waals surface area contributed by atoms with Gasteiger partial charge in [0.1, 0.15) is 9.88 Å². The van der Waals surface area contributed by atoms with Gasteiger partial charge >= 0.3 is 0 Å². The van der Waals surface area contributed by atoms with Crippen molar-refractivity contribution in [3.63, 3.8) is 0 Å². The number of hydrogen-bond donors (Lipinski definition) is 2. The molecule has 1 amide bonds. The summed E-state index contributed by atoms with van der Waals surface area (Å²) in [4.78, 5) is 16.9. The third-order valence-electron chi connectivity index (χ3n) is 3.37. The van der Waals surface area contributed by atoms with Gasteiger partial charge in [0, 0.05) is 5.56 Å². The monoisotopic (exact) mass is 303 g/mol. The van der Waals surface area contributed by atoms with Crippen LogP contribution >= 0.6 is 11.3 Å². The van der Waals surface area contributed by atoms with E-state index in [9.17, 15) is 4.79 Å². The van der Waals surface area contributed by atoms with Crippen molar-refractivity contribution in [1.29, 1.82) is 0 Å². The molecule has 1 aromatic carbocycles. The maximum atomic E-state index is 11.8. The zero-order valence-corrected chi connectivity index (χ0v) is 13.7. The van der Waals surface area contributed by atoms with Crippen LogP contribution in [0.2, 0.25) is 0 Å². The Labute approximate surface area is 129 Å². The molecule has 5 heteroatoms. The molecule has 0 spiro atoms. The van der Waals surface area contributed by atoms with Crippen molar-refractivity contribution in [2.24, 2.45) is 5.84 Å². The summed E-state index contributed by atoms with van der Waals surface area (Å²) in [6.07, 6.45) is 0.708. The number of aryl methyl sites for hydroxylation is 1. The Bertz CT molecular complexity index is 639. The Morgan fingerprint density at radius 1 is 1.29 bits per heavy atom. The molecular weight excluding hydrogens is 282 g/mol. The summed E-state index contributed by atoms with van der Waals surface area (Å²) in [5, 5.41) is 0.853. The molecule has 1 aromatic heterocycles. The van der Waals surface area contributed by atoms with Crippen LogP contribution in [0.25, 0.3) is 10.6 Å². The first-order chi connectivity index (χ1) is 9.86. The third kappa shape index (κ3) is 3.31. The van der Waals surface area contributed by atoms with Crippen molar-refractivity contribution in [2.45, 2.75) is 39.5 Å². The van der Waals surface area contributed by atoms with E-state index in [4.69, 9.17) is 5.84 Å². The summed E-state index contributed by atoms with van der Waals surface area (Å²) in [5.41, 5.74) is 5.40. The minimum absolute atomic E-state index is 0.126. The third-order valence-corrected chi connectivity index (χ3v) is 4.51. The summed E-state index contributed by atoms with van der Waals surface area (Å²) in [6.45, 7) is 8.54. The molecule has 4 nitrogen and oxygen atoms in total. The van der Waals surface area contributed by atoms with Gasteiger partial charge in [-0.25, -0.2) is 10.8 Å². The predicted octanol–water partition coefficient (Wildman–Crippen LogP) is 3.27. The van der Waals surface area contributed by atoms with E-state index in [1.54, 1.807) is 0 Å². The summed E-state index contributed by atoms with van der Waals surface area (Å²) >= 11 is 1.38. The van der Waals surface area contributed by atoms with E-state index in [-0.39, 0.29) is 11.3 Å². The molecule has 0 saturated heterocycles. The van der Waals surface area contributed by atoms with Crippen LogP contribution in [-0.2, 0) is 11.8 Å². The van der Waals surface area contributed by atoms with Crippen LogP contribution in [-0.4, -0.2) is 10.9 Å². The SMILES string of the molecule is CCc1nc(-c2ccc(C(C)(C)C)cc2)sc1C(=O)NN. The molecule has 2 aromatic rings. The summed E-state index contributed by atoms with van der Waals surface area (Å²) in [7, 11) is 0. The minimum Gasteiger partial charge on any atom is -0.289 e. The fourth-order valence-electron chi connectivity index (χ4n) is 2.07. The van der Waals surface area contributed by atoms with E-state index >= 15 is 0 Å². The van der Waals surface area contributed by atoms with Gasteiger partial charge in [0.15, 0.2) is 0 Å². The topological polar surface area (TPSA) is 68.0 Å². The van der Waals surface area contributed by atoms with E-state index in [2.05, 4.69) is 55.4 Å². The van der Waals surface area contributed by atoms with Crippen molar-refractivity contribution in [3.8, 4) is 10.6 Å². The predicted molar refractivity (Wildman–Crippen MR) is 87.3 cm³/mol. The molecule has 0 aliphatic heterocycles. The first-order valence-electron chi connectivity index (χ1n) is 6.98. The smallest absolute Gasteiger partial charge is 0.277 e. The lowest BCUT2D eigenvalue weighted by Crippen LogP contribution is -2.29. The van der Waals surface area contributed by atoms with Crippen LogP contribution in [0.15, 0.2) is 24.3 Å². The van der Waals surface area contributed by atoms with Crippen molar-refractivity contribution < 1.29 is 4.79 Å². The highest BCUT2D eigenvalue weighted by molar-refractivity contribution is 7.17. The Hall–Kier alpha value is -1.72. The average Bonchev–Trinajstić information content (AvgIpc) is 2.90. The lowest BCUT2D eigenvalue weighted by atomic mass is 9.87. The minimum atomic E-state index is -0.276. The number of nitrogens with one attached hydrogen (secondary N) is 1. The number of nitrogen functional groups attached to an aromatic ring is 1. The molecule has 0 atom stereocenters. The molecule has 0 fully saturated rings. The number of nitrogens with two attached hydrogens (primary N) is 1. The fraction of sp³-hybridized carbons (Fsp3) is 0.375. The second kappa shape index (κ2) is 5.95. The van der Waals surface area contributed by atoms with Crippen LogP contribution < -0.4 is 11.3 Å². The molecule has 0 unspecified atom stereocenters. The second-order valence-electron chi connectivity index (χ2n) is 5.95.